The highest BCUT2D eigenvalue weighted by atomic mass is 16.5. The highest BCUT2D eigenvalue weighted by Gasteiger charge is 2.23. The zero-order chi connectivity index (χ0) is 12.3. The quantitative estimate of drug-likeness (QED) is 0.557. The summed E-state index contributed by atoms with van der Waals surface area (Å²) in [5, 5.41) is 8.89. The molecule has 0 aromatic rings. The molecule has 0 unspecified atom stereocenters. The molecule has 0 radical (unpaired) electrons. The molecular formula is C13H27NO3. The molecule has 102 valence electrons. The normalized spacial score (nSPS) is 16.4. The number of ether oxygens (including phenoxy) is 2. The van der Waals surface area contributed by atoms with Crippen LogP contribution in [0.25, 0.3) is 0 Å². The van der Waals surface area contributed by atoms with Gasteiger partial charge in [-0.05, 0) is 25.7 Å². The molecule has 0 bridgehead atoms. The van der Waals surface area contributed by atoms with Crippen LogP contribution in [0.5, 0.6) is 0 Å². The lowest BCUT2D eigenvalue weighted by molar-refractivity contribution is 0.0561. The molecule has 0 aromatic carbocycles. The van der Waals surface area contributed by atoms with Crippen molar-refractivity contribution in [1.82, 2.24) is 4.90 Å². The maximum Gasteiger partial charge on any atom is 0.0700 e. The minimum absolute atomic E-state index is 0.299. The number of aliphatic hydroxyl groups is 1. The summed E-state index contributed by atoms with van der Waals surface area (Å²) in [4.78, 5) is 2.51. The van der Waals surface area contributed by atoms with Gasteiger partial charge in [0.15, 0.2) is 0 Å². The summed E-state index contributed by atoms with van der Waals surface area (Å²) >= 11 is 0. The number of aliphatic hydroxyl groups excluding tert-OH is 1. The SMILES string of the molecule is COCCOCCCN(CCCO)C1CCC1. The van der Waals surface area contributed by atoms with Gasteiger partial charge in [-0.1, -0.05) is 6.42 Å². The van der Waals surface area contributed by atoms with Crippen LogP contribution in [0.1, 0.15) is 32.1 Å². The van der Waals surface area contributed by atoms with Crippen LogP contribution < -0.4 is 0 Å². The summed E-state index contributed by atoms with van der Waals surface area (Å²) in [5.41, 5.74) is 0. The van der Waals surface area contributed by atoms with E-state index in [2.05, 4.69) is 4.90 Å². The van der Waals surface area contributed by atoms with Crippen LogP contribution in [0, 0.1) is 0 Å². The molecule has 17 heavy (non-hydrogen) atoms. The standard InChI is InChI=1S/C13H27NO3/c1-16-11-12-17-10-4-8-14(7-3-9-15)13-5-2-6-13/h13,15H,2-12H2,1H3. The third kappa shape index (κ3) is 6.36. The smallest absolute Gasteiger partial charge is 0.0700 e. The summed E-state index contributed by atoms with van der Waals surface area (Å²) in [6.07, 6.45) is 5.99. The van der Waals surface area contributed by atoms with Crippen LogP contribution in [0.3, 0.4) is 0 Å². The Hall–Kier alpha value is -0.160. The summed E-state index contributed by atoms with van der Waals surface area (Å²) in [6.45, 7) is 4.60. The average molecular weight is 245 g/mol. The van der Waals surface area contributed by atoms with E-state index >= 15 is 0 Å². The fourth-order valence-electron chi connectivity index (χ4n) is 2.12. The van der Waals surface area contributed by atoms with Crippen LogP contribution in [-0.2, 0) is 9.47 Å². The van der Waals surface area contributed by atoms with E-state index in [1.54, 1.807) is 7.11 Å². The predicted molar refractivity (Wildman–Crippen MR) is 68.2 cm³/mol. The van der Waals surface area contributed by atoms with Crippen molar-refractivity contribution in [2.24, 2.45) is 0 Å². The molecule has 1 fully saturated rings. The van der Waals surface area contributed by atoms with Gasteiger partial charge in [-0.2, -0.15) is 0 Å². The Bertz CT molecular complexity index is 174. The van der Waals surface area contributed by atoms with Gasteiger partial charge in [-0.25, -0.2) is 0 Å². The van der Waals surface area contributed by atoms with Crippen molar-refractivity contribution in [1.29, 1.82) is 0 Å². The van der Waals surface area contributed by atoms with Crippen molar-refractivity contribution in [3.63, 3.8) is 0 Å². The average Bonchev–Trinajstić information content (AvgIpc) is 2.27. The van der Waals surface area contributed by atoms with E-state index in [1.807, 2.05) is 0 Å². The van der Waals surface area contributed by atoms with E-state index in [9.17, 15) is 0 Å². The van der Waals surface area contributed by atoms with Gasteiger partial charge in [0, 0.05) is 39.5 Å². The number of rotatable bonds is 11. The van der Waals surface area contributed by atoms with Crippen LogP contribution in [0.2, 0.25) is 0 Å². The highest BCUT2D eigenvalue weighted by Crippen LogP contribution is 2.24. The van der Waals surface area contributed by atoms with Crippen molar-refractivity contribution >= 4 is 0 Å². The Morgan fingerprint density at radius 3 is 2.47 bits per heavy atom. The molecule has 1 rings (SSSR count). The van der Waals surface area contributed by atoms with Crippen LogP contribution >= 0.6 is 0 Å². The maximum atomic E-state index is 8.89. The number of nitrogens with zero attached hydrogens (tertiary/aromatic N) is 1. The third-order valence-electron chi connectivity index (χ3n) is 3.36. The zero-order valence-electron chi connectivity index (χ0n) is 11.1. The molecule has 1 aliphatic rings. The second-order valence-corrected chi connectivity index (χ2v) is 4.66. The van der Waals surface area contributed by atoms with Gasteiger partial charge in [0.1, 0.15) is 0 Å². The number of hydrogen-bond acceptors (Lipinski definition) is 4. The second-order valence-electron chi connectivity index (χ2n) is 4.66. The molecular weight excluding hydrogens is 218 g/mol. The van der Waals surface area contributed by atoms with Crippen molar-refractivity contribution < 1.29 is 14.6 Å². The molecule has 0 saturated heterocycles. The molecule has 1 N–H and O–H groups in total. The van der Waals surface area contributed by atoms with Crippen LogP contribution in [0.4, 0.5) is 0 Å². The van der Waals surface area contributed by atoms with Gasteiger partial charge in [0.05, 0.1) is 13.2 Å². The largest absolute Gasteiger partial charge is 0.396 e. The van der Waals surface area contributed by atoms with E-state index in [0.29, 0.717) is 19.8 Å². The molecule has 0 spiro atoms. The Morgan fingerprint density at radius 1 is 1.12 bits per heavy atom. The zero-order valence-corrected chi connectivity index (χ0v) is 11.1. The fourth-order valence-corrected chi connectivity index (χ4v) is 2.12. The van der Waals surface area contributed by atoms with Gasteiger partial charge in [0.25, 0.3) is 0 Å². The second kappa shape index (κ2) is 9.83. The summed E-state index contributed by atoms with van der Waals surface area (Å²) in [6, 6.07) is 0.764. The van der Waals surface area contributed by atoms with Crippen LogP contribution in [-0.4, -0.2) is 62.7 Å². The highest BCUT2D eigenvalue weighted by molar-refractivity contribution is 4.79. The minimum atomic E-state index is 0.299. The van der Waals surface area contributed by atoms with Gasteiger partial charge >= 0.3 is 0 Å². The number of hydrogen-bond donors (Lipinski definition) is 1. The van der Waals surface area contributed by atoms with Crippen molar-refractivity contribution in [3.8, 4) is 0 Å². The Kier molecular flexibility index (Phi) is 8.61. The third-order valence-corrected chi connectivity index (χ3v) is 3.36. The summed E-state index contributed by atoms with van der Waals surface area (Å²) in [5.74, 6) is 0. The number of methoxy groups -OCH3 is 1. The van der Waals surface area contributed by atoms with Crippen molar-refractivity contribution in [3.05, 3.63) is 0 Å². The van der Waals surface area contributed by atoms with Crippen molar-refractivity contribution in [2.45, 2.75) is 38.1 Å². The molecule has 4 nitrogen and oxygen atoms in total. The van der Waals surface area contributed by atoms with Crippen LogP contribution in [0.15, 0.2) is 0 Å². The molecule has 0 amide bonds. The van der Waals surface area contributed by atoms with E-state index in [0.717, 1.165) is 38.6 Å². The van der Waals surface area contributed by atoms with Gasteiger partial charge in [-0.3, -0.25) is 0 Å². The molecule has 0 aromatic heterocycles. The molecule has 1 aliphatic carbocycles. The molecule has 0 aliphatic heterocycles. The topological polar surface area (TPSA) is 41.9 Å². The first-order valence-electron chi connectivity index (χ1n) is 6.80. The first-order chi connectivity index (χ1) is 8.38. The Morgan fingerprint density at radius 2 is 1.88 bits per heavy atom. The minimum Gasteiger partial charge on any atom is -0.396 e. The fraction of sp³-hybridized carbons (Fsp3) is 1.00. The predicted octanol–water partition coefficient (Wildman–Crippen LogP) is 1.28. The summed E-state index contributed by atoms with van der Waals surface area (Å²) in [7, 11) is 1.69. The molecule has 4 heteroatoms. The van der Waals surface area contributed by atoms with E-state index in [1.165, 1.54) is 19.3 Å². The van der Waals surface area contributed by atoms with E-state index < -0.39 is 0 Å². The van der Waals surface area contributed by atoms with E-state index in [4.69, 9.17) is 14.6 Å². The lowest BCUT2D eigenvalue weighted by atomic mass is 9.91. The first kappa shape index (κ1) is 14.9. The lowest BCUT2D eigenvalue weighted by Gasteiger charge is -2.37. The Balaban J connectivity index is 2.02. The van der Waals surface area contributed by atoms with Gasteiger partial charge in [0.2, 0.25) is 0 Å². The maximum absolute atomic E-state index is 8.89. The first-order valence-corrected chi connectivity index (χ1v) is 6.80. The molecule has 0 heterocycles. The monoisotopic (exact) mass is 245 g/mol. The van der Waals surface area contributed by atoms with Crippen molar-refractivity contribution in [2.75, 3.05) is 46.6 Å². The molecule has 0 atom stereocenters. The van der Waals surface area contributed by atoms with Gasteiger partial charge < -0.3 is 19.5 Å². The van der Waals surface area contributed by atoms with E-state index in [-0.39, 0.29) is 0 Å². The van der Waals surface area contributed by atoms with Gasteiger partial charge in [-0.15, -0.1) is 0 Å². The molecule has 1 saturated carbocycles. The lowest BCUT2D eigenvalue weighted by Crippen LogP contribution is -2.41. The Labute approximate surface area is 105 Å². The summed E-state index contributed by atoms with van der Waals surface area (Å²) < 4.78 is 10.4.